The smallest absolute Gasteiger partial charge is 0.305 e. The molecule has 1 atom stereocenters. The summed E-state index contributed by atoms with van der Waals surface area (Å²) >= 11 is 0. The van der Waals surface area contributed by atoms with Gasteiger partial charge in [-0.15, -0.1) is 0 Å². The number of ketones is 1. The van der Waals surface area contributed by atoms with Crippen LogP contribution in [0.25, 0.3) is 0 Å². The standard InChI is InChI=1S/C12H22O3/c1-5-6-10(12(14)9(2)3)7-8-11(13)15-4/h9-10H,5-8H2,1-4H3. The lowest BCUT2D eigenvalue weighted by molar-refractivity contribution is -0.141. The van der Waals surface area contributed by atoms with Gasteiger partial charge in [-0.05, 0) is 12.8 Å². The average molecular weight is 214 g/mol. The third-order valence-corrected chi connectivity index (χ3v) is 2.53. The number of rotatable bonds is 7. The summed E-state index contributed by atoms with van der Waals surface area (Å²) in [5, 5.41) is 0. The molecule has 0 saturated heterocycles. The van der Waals surface area contributed by atoms with Gasteiger partial charge in [0, 0.05) is 18.3 Å². The van der Waals surface area contributed by atoms with E-state index in [-0.39, 0.29) is 23.6 Å². The second kappa shape index (κ2) is 7.43. The third-order valence-electron chi connectivity index (χ3n) is 2.53. The highest BCUT2D eigenvalue weighted by atomic mass is 16.5. The van der Waals surface area contributed by atoms with Crippen LogP contribution in [-0.2, 0) is 14.3 Å². The van der Waals surface area contributed by atoms with E-state index in [0.29, 0.717) is 12.8 Å². The molecule has 0 aromatic rings. The molecule has 0 aromatic carbocycles. The summed E-state index contributed by atoms with van der Waals surface area (Å²) in [6, 6.07) is 0. The van der Waals surface area contributed by atoms with Gasteiger partial charge in [0.05, 0.1) is 7.11 Å². The van der Waals surface area contributed by atoms with Crippen molar-refractivity contribution in [2.24, 2.45) is 11.8 Å². The lowest BCUT2D eigenvalue weighted by atomic mass is 9.88. The molecule has 0 aliphatic heterocycles. The quantitative estimate of drug-likeness (QED) is 0.612. The van der Waals surface area contributed by atoms with Crippen molar-refractivity contribution in [3.05, 3.63) is 0 Å². The van der Waals surface area contributed by atoms with Crippen LogP contribution in [0.15, 0.2) is 0 Å². The van der Waals surface area contributed by atoms with Crippen LogP contribution in [0.5, 0.6) is 0 Å². The van der Waals surface area contributed by atoms with Crippen molar-refractivity contribution >= 4 is 11.8 Å². The highest BCUT2D eigenvalue weighted by Crippen LogP contribution is 2.19. The van der Waals surface area contributed by atoms with Gasteiger partial charge in [0.1, 0.15) is 5.78 Å². The first kappa shape index (κ1) is 14.1. The maximum absolute atomic E-state index is 11.8. The average Bonchev–Trinajstić information content (AvgIpc) is 2.22. The van der Waals surface area contributed by atoms with E-state index < -0.39 is 0 Å². The van der Waals surface area contributed by atoms with Crippen molar-refractivity contribution in [2.45, 2.75) is 46.5 Å². The monoisotopic (exact) mass is 214 g/mol. The SMILES string of the molecule is CCCC(CCC(=O)OC)C(=O)C(C)C. The van der Waals surface area contributed by atoms with Gasteiger partial charge in [-0.25, -0.2) is 0 Å². The van der Waals surface area contributed by atoms with Crippen molar-refractivity contribution in [1.29, 1.82) is 0 Å². The second-order valence-electron chi connectivity index (χ2n) is 4.16. The maximum atomic E-state index is 11.8. The summed E-state index contributed by atoms with van der Waals surface area (Å²) in [4.78, 5) is 22.8. The van der Waals surface area contributed by atoms with Crippen molar-refractivity contribution < 1.29 is 14.3 Å². The summed E-state index contributed by atoms with van der Waals surface area (Å²) in [7, 11) is 1.38. The van der Waals surface area contributed by atoms with Gasteiger partial charge in [-0.3, -0.25) is 9.59 Å². The van der Waals surface area contributed by atoms with Gasteiger partial charge in [-0.1, -0.05) is 27.2 Å². The Balaban J connectivity index is 4.15. The number of methoxy groups -OCH3 is 1. The molecule has 0 aliphatic carbocycles. The van der Waals surface area contributed by atoms with Crippen LogP contribution in [0.2, 0.25) is 0 Å². The Morgan fingerprint density at radius 2 is 1.80 bits per heavy atom. The van der Waals surface area contributed by atoms with Crippen LogP contribution in [0.3, 0.4) is 0 Å². The summed E-state index contributed by atoms with van der Waals surface area (Å²) in [6.07, 6.45) is 2.81. The van der Waals surface area contributed by atoms with Gasteiger partial charge in [0.15, 0.2) is 0 Å². The van der Waals surface area contributed by atoms with Crippen molar-refractivity contribution in [1.82, 2.24) is 0 Å². The van der Waals surface area contributed by atoms with Crippen molar-refractivity contribution in [3.8, 4) is 0 Å². The molecule has 0 radical (unpaired) electrons. The largest absolute Gasteiger partial charge is 0.469 e. The molecule has 15 heavy (non-hydrogen) atoms. The fourth-order valence-corrected chi connectivity index (χ4v) is 1.64. The van der Waals surface area contributed by atoms with E-state index in [1.165, 1.54) is 7.11 Å². The fraction of sp³-hybridized carbons (Fsp3) is 0.833. The molecule has 1 unspecified atom stereocenters. The minimum Gasteiger partial charge on any atom is -0.469 e. The van der Waals surface area contributed by atoms with Crippen molar-refractivity contribution in [2.75, 3.05) is 7.11 Å². The fourth-order valence-electron chi connectivity index (χ4n) is 1.64. The Hall–Kier alpha value is -0.860. The van der Waals surface area contributed by atoms with E-state index in [2.05, 4.69) is 11.7 Å². The number of ether oxygens (including phenoxy) is 1. The highest BCUT2D eigenvalue weighted by molar-refractivity contribution is 5.83. The Bertz CT molecular complexity index is 209. The van der Waals surface area contributed by atoms with E-state index in [4.69, 9.17) is 0 Å². The summed E-state index contributed by atoms with van der Waals surface area (Å²) in [6.45, 7) is 5.87. The van der Waals surface area contributed by atoms with Crippen LogP contribution >= 0.6 is 0 Å². The van der Waals surface area contributed by atoms with Crippen LogP contribution < -0.4 is 0 Å². The number of hydrogen-bond donors (Lipinski definition) is 0. The molecule has 0 fully saturated rings. The molecule has 3 nitrogen and oxygen atoms in total. The Morgan fingerprint density at radius 3 is 2.20 bits per heavy atom. The van der Waals surface area contributed by atoms with Crippen molar-refractivity contribution in [3.63, 3.8) is 0 Å². The first-order valence-corrected chi connectivity index (χ1v) is 5.63. The number of Topliss-reactive ketones (excluding diaryl/α,β-unsaturated/α-hetero) is 1. The van der Waals surface area contributed by atoms with Gasteiger partial charge in [0.25, 0.3) is 0 Å². The highest BCUT2D eigenvalue weighted by Gasteiger charge is 2.21. The number of esters is 1. The lowest BCUT2D eigenvalue weighted by Crippen LogP contribution is -2.21. The van der Waals surface area contributed by atoms with Crippen LogP contribution in [-0.4, -0.2) is 18.9 Å². The number of carbonyl (C=O) groups is 2. The normalized spacial score (nSPS) is 12.6. The van der Waals surface area contributed by atoms with Gasteiger partial charge < -0.3 is 4.74 Å². The first-order chi connectivity index (χ1) is 7.02. The third kappa shape index (κ3) is 5.55. The molecule has 0 spiro atoms. The molecule has 0 amide bonds. The van der Waals surface area contributed by atoms with E-state index in [0.717, 1.165) is 12.8 Å². The molecule has 0 N–H and O–H groups in total. The van der Waals surface area contributed by atoms with Gasteiger partial charge >= 0.3 is 5.97 Å². The number of carbonyl (C=O) groups excluding carboxylic acids is 2. The molecule has 0 heterocycles. The van der Waals surface area contributed by atoms with E-state index in [9.17, 15) is 9.59 Å². The zero-order chi connectivity index (χ0) is 11.8. The van der Waals surface area contributed by atoms with Crippen LogP contribution in [0.1, 0.15) is 46.5 Å². The zero-order valence-electron chi connectivity index (χ0n) is 10.2. The first-order valence-electron chi connectivity index (χ1n) is 5.63. The molecule has 0 aromatic heterocycles. The Morgan fingerprint density at radius 1 is 1.20 bits per heavy atom. The zero-order valence-corrected chi connectivity index (χ0v) is 10.2. The second-order valence-corrected chi connectivity index (χ2v) is 4.16. The van der Waals surface area contributed by atoms with Gasteiger partial charge in [-0.2, -0.15) is 0 Å². The molecule has 0 bridgehead atoms. The minimum absolute atomic E-state index is 0.0223. The Labute approximate surface area is 92.2 Å². The van der Waals surface area contributed by atoms with Crippen LogP contribution in [0, 0.1) is 11.8 Å². The topological polar surface area (TPSA) is 43.4 Å². The predicted molar refractivity (Wildman–Crippen MR) is 59.5 cm³/mol. The molecular formula is C12H22O3. The molecular weight excluding hydrogens is 192 g/mol. The summed E-state index contributed by atoms with van der Waals surface area (Å²) in [5.41, 5.74) is 0. The van der Waals surface area contributed by atoms with E-state index in [1.54, 1.807) is 0 Å². The minimum atomic E-state index is -0.229. The number of hydrogen-bond acceptors (Lipinski definition) is 3. The molecule has 0 saturated carbocycles. The lowest BCUT2D eigenvalue weighted by Gasteiger charge is -2.16. The maximum Gasteiger partial charge on any atom is 0.305 e. The van der Waals surface area contributed by atoms with Gasteiger partial charge in [0.2, 0.25) is 0 Å². The van der Waals surface area contributed by atoms with Crippen LogP contribution in [0.4, 0.5) is 0 Å². The predicted octanol–water partition coefficient (Wildman–Crippen LogP) is 2.58. The molecule has 3 heteroatoms. The van der Waals surface area contributed by atoms with E-state index in [1.807, 2.05) is 13.8 Å². The summed E-state index contributed by atoms with van der Waals surface area (Å²) in [5.74, 6) is 0.113. The molecule has 88 valence electrons. The summed E-state index contributed by atoms with van der Waals surface area (Å²) < 4.78 is 4.57. The molecule has 0 rings (SSSR count). The molecule has 0 aliphatic rings. The Kier molecular flexibility index (Phi) is 7.01. The van der Waals surface area contributed by atoms with E-state index >= 15 is 0 Å².